The molecule has 0 N–H and O–H groups in total. The fourth-order valence-corrected chi connectivity index (χ4v) is 4.29. The van der Waals surface area contributed by atoms with Gasteiger partial charge in [-0.2, -0.15) is 5.10 Å². The number of nitrogens with zero attached hydrogens (tertiary/aromatic N) is 4. The molecule has 4 rings (SSSR count). The molecular weight excluding hydrogens is 368 g/mol. The number of aryl methyl sites for hydroxylation is 2. The summed E-state index contributed by atoms with van der Waals surface area (Å²) in [6, 6.07) is 8.08. The molecule has 0 amide bonds. The molecule has 0 aliphatic heterocycles. The van der Waals surface area contributed by atoms with Crippen molar-refractivity contribution < 1.29 is 9.53 Å². The topological polar surface area (TPSA) is 69.9 Å². The fraction of sp³-hybridized carbons (Fsp3) is 0.222. The van der Waals surface area contributed by atoms with Crippen LogP contribution in [0.1, 0.15) is 21.9 Å². The molecule has 8 heteroatoms. The summed E-state index contributed by atoms with van der Waals surface area (Å²) in [7, 11) is 1.84. The molecule has 3 heterocycles. The molecule has 26 heavy (non-hydrogen) atoms. The van der Waals surface area contributed by atoms with E-state index in [1.165, 1.54) is 16.0 Å². The molecule has 0 aliphatic carbocycles. The van der Waals surface area contributed by atoms with Crippen LogP contribution >= 0.6 is 22.7 Å². The smallest absolute Gasteiger partial charge is 0.357 e. The molecule has 132 valence electrons. The maximum Gasteiger partial charge on any atom is 0.357 e. The first-order valence-electron chi connectivity index (χ1n) is 8.15. The van der Waals surface area contributed by atoms with Crippen molar-refractivity contribution in [1.29, 1.82) is 0 Å². The largest absolute Gasteiger partial charge is 0.461 e. The number of aromatic nitrogens is 4. The van der Waals surface area contributed by atoms with Crippen LogP contribution < -0.4 is 0 Å². The minimum atomic E-state index is -0.388. The molecule has 0 saturated heterocycles. The molecule has 6 nitrogen and oxygen atoms in total. The van der Waals surface area contributed by atoms with Crippen LogP contribution in [0.2, 0.25) is 0 Å². The average Bonchev–Trinajstić information content (AvgIpc) is 3.36. The SMILES string of the molecule is Cn1cc(-c2nc(C(=O)OCCCc3nc4ccccc4s3)cs2)cn1. The summed E-state index contributed by atoms with van der Waals surface area (Å²) in [5.74, 6) is -0.388. The van der Waals surface area contributed by atoms with E-state index in [1.54, 1.807) is 27.6 Å². The van der Waals surface area contributed by atoms with Crippen LogP contribution in [0.4, 0.5) is 0 Å². The standard InChI is InChI=1S/C18H16N4O2S2/c1-22-10-12(9-19-22)17-21-14(11-25-17)18(23)24-8-4-7-16-20-13-5-2-3-6-15(13)26-16/h2-3,5-6,9-11H,4,7-8H2,1H3. The van der Waals surface area contributed by atoms with E-state index in [0.717, 1.165) is 33.9 Å². The van der Waals surface area contributed by atoms with Crippen molar-refractivity contribution in [2.24, 2.45) is 7.05 Å². The van der Waals surface area contributed by atoms with Crippen LogP contribution in [0.15, 0.2) is 42.0 Å². The molecule has 3 aromatic heterocycles. The summed E-state index contributed by atoms with van der Waals surface area (Å²) in [6.07, 6.45) is 5.13. The van der Waals surface area contributed by atoms with Crippen LogP contribution in [0, 0.1) is 0 Å². The lowest BCUT2D eigenvalue weighted by atomic mass is 10.3. The quantitative estimate of drug-likeness (QED) is 0.372. The fourth-order valence-electron chi connectivity index (χ4n) is 2.52. The third kappa shape index (κ3) is 3.66. The summed E-state index contributed by atoms with van der Waals surface area (Å²) in [6.45, 7) is 0.356. The molecule has 1 aromatic carbocycles. The highest BCUT2D eigenvalue weighted by Crippen LogP contribution is 2.24. The lowest BCUT2D eigenvalue weighted by molar-refractivity contribution is 0.0495. The summed E-state index contributed by atoms with van der Waals surface area (Å²) in [5, 5.41) is 7.66. The Morgan fingerprint density at radius 2 is 2.15 bits per heavy atom. The van der Waals surface area contributed by atoms with Gasteiger partial charge in [0, 0.05) is 30.6 Å². The van der Waals surface area contributed by atoms with E-state index in [-0.39, 0.29) is 5.97 Å². The number of carbonyl (C=O) groups is 1. The first-order chi connectivity index (χ1) is 12.7. The Kier molecular flexibility index (Phi) is 4.77. The molecule has 0 spiro atoms. The number of ether oxygens (including phenoxy) is 1. The van der Waals surface area contributed by atoms with Gasteiger partial charge in [0.2, 0.25) is 0 Å². The van der Waals surface area contributed by atoms with Gasteiger partial charge in [-0.05, 0) is 18.6 Å². The molecule has 4 aromatic rings. The van der Waals surface area contributed by atoms with Crippen LogP contribution in [0.5, 0.6) is 0 Å². The number of benzene rings is 1. The van der Waals surface area contributed by atoms with Crippen molar-refractivity contribution in [3.63, 3.8) is 0 Å². The van der Waals surface area contributed by atoms with E-state index in [4.69, 9.17) is 4.74 Å². The molecule has 0 aliphatic rings. The van der Waals surface area contributed by atoms with Crippen molar-refractivity contribution in [2.45, 2.75) is 12.8 Å². The zero-order valence-corrected chi connectivity index (χ0v) is 15.7. The van der Waals surface area contributed by atoms with Gasteiger partial charge in [-0.15, -0.1) is 22.7 Å². The number of hydrogen-bond donors (Lipinski definition) is 0. The highest BCUT2D eigenvalue weighted by molar-refractivity contribution is 7.18. The third-order valence-corrected chi connectivity index (χ3v) is 5.76. The molecule has 0 saturated carbocycles. The van der Waals surface area contributed by atoms with Gasteiger partial charge >= 0.3 is 5.97 Å². The Hall–Kier alpha value is -2.58. The third-order valence-electron chi connectivity index (χ3n) is 3.77. The van der Waals surface area contributed by atoms with E-state index >= 15 is 0 Å². The lowest BCUT2D eigenvalue weighted by Gasteiger charge is -2.01. The monoisotopic (exact) mass is 384 g/mol. The van der Waals surface area contributed by atoms with E-state index in [1.807, 2.05) is 31.4 Å². The van der Waals surface area contributed by atoms with Crippen molar-refractivity contribution in [3.8, 4) is 10.6 Å². The summed E-state index contributed by atoms with van der Waals surface area (Å²) in [5.41, 5.74) is 2.26. The molecule has 0 bridgehead atoms. The van der Waals surface area contributed by atoms with Crippen molar-refractivity contribution in [3.05, 3.63) is 52.7 Å². The normalized spacial score (nSPS) is 11.1. The Balaban J connectivity index is 1.29. The lowest BCUT2D eigenvalue weighted by Crippen LogP contribution is -2.07. The number of para-hydroxylation sites is 1. The maximum atomic E-state index is 12.1. The maximum absolute atomic E-state index is 12.1. The summed E-state index contributed by atoms with van der Waals surface area (Å²) in [4.78, 5) is 21.1. The number of carbonyl (C=O) groups excluding carboxylic acids is 1. The van der Waals surface area contributed by atoms with Gasteiger partial charge in [-0.25, -0.2) is 14.8 Å². The van der Waals surface area contributed by atoms with E-state index in [0.29, 0.717) is 12.3 Å². The number of thiazole rings is 2. The molecule has 0 unspecified atom stereocenters. The Labute approximate surface area is 158 Å². The molecule has 0 fully saturated rings. The zero-order chi connectivity index (χ0) is 17.9. The van der Waals surface area contributed by atoms with Crippen LogP contribution in [-0.4, -0.2) is 32.3 Å². The van der Waals surface area contributed by atoms with Gasteiger partial charge in [-0.3, -0.25) is 4.68 Å². The highest BCUT2D eigenvalue weighted by atomic mass is 32.1. The molecule has 0 atom stereocenters. The summed E-state index contributed by atoms with van der Waals surface area (Å²) < 4.78 is 8.23. The van der Waals surface area contributed by atoms with Crippen LogP contribution in [0.3, 0.4) is 0 Å². The first-order valence-corrected chi connectivity index (χ1v) is 9.85. The zero-order valence-electron chi connectivity index (χ0n) is 14.1. The highest BCUT2D eigenvalue weighted by Gasteiger charge is 2.14. The van der Waals surface area contributed by atoms with Gasteiger partial charge in [-0.1, -0.05) is 12.1 Å². The second-order valence-electron chi connectivity index (χ2n) is 5.76. The van der Waals surface area contributed by atoms with Crippen molar-refractivity contribution >= 4 is 38.9 Å². The number of fused-ring (bicyclic) bond motifs is 1. The predicted molar refractivity (Wildman–Crippen MR) is 103 cm³/mol. The Bertz CT molecular complexity index is 1020. The Morgan fingerprint density at radius 3 is 2.96 bits per heavy atom. The predicted octanol–water partition coefficient (Wildman–Crippen LogP) is 3.94. The van der Waals surface area contributed by atoms with Gasteiger partial charge in [0.25, 0.3) is 0 Å². The van der Waals surface area contributed by atoms with Crippen LogP contribution in [0.25, 0.3) is 20.8 Å². The van der Waals surface area contributed by atoms with Crippen molar-refractivity contribution in [2.75, 3.05) is 6.61 Å². The second-order valence-corrected chi connectivity index (χ2v) is 7.73. The summed E-state index contributed by atoms with van der Waals surface area (Å²) >= 11 is 3.09. The number of hydrogen-bond acceptors (Lipinski definition) is 7. The Morgan fingerprint density at radius 1 is 1.27 bits per heavy atom. The van der Waals surface area contributed by atoms with Gasteiger partial charge in [0.15, 0.2) is 5.69 Å². The van der Waals surface area contributed by atoms with E-state index < -0.39 is 0 Å². The first kappa shape index (κ1) is 16.9. The second kappa shape index (κ2) is 7.35. The molecular formula is C18H16N4O2S2. The minimum Gasteiger partial charge on any atom is -0.461 e. The number of rotatable bonds is 6. The van der Waals surface area contributed by atoms with Gasteiger partial charge in [0.05, 0.1) is 28.0 Å². The number of esters is 1. The average molecular weight is 384 g/mol. The van der Waals surface area contributed by atoms with Gasteiger partial charge in [0.1, 0.15) is 5.01 Å². The van der Waals surface area contributed by atoms with Gasteiger partial charge < -0.3 is 4.74 Å². The van der Waals surface area contributed by atoms with E-state index in [2.05, 4.69) is 21.1 Å². The van der Waals surface area contributed by atoms with Crippen molar-refractivity contribution in [1.82, 2.24) is 19.7 Å². The van der Waals surface area contributed by atoms with Crippen LogP contribution in [-0.2, 0) is 18.2 Å². The minimum absolute atomic E-state index is 0.342. The molecule has 0 radical (unpaired) electrons. The van der Waals surface area contributed by atoms with E-state index in [9.17, 15) is 4.79 Å².